The van der Waals surface area contributed by atoms with Crippen molar-refractivity contribution in [2.24, 2.45) is 10.5 Å². The van der Waals surface area contributed by atoms with Gasteiger partial charge in [0.05, 0.1) is 21.8 Å². The van der Waals surface area contributed by atoms with Crippen LogP contribution in [-0.4, -0.2) is 33.5 Å². The monoisotopic (exact) mass is 415 g/mol. The Hall–Kier alpha value is -2.87. The maximum Gasteiger partial charge on any atom is 0.270 e. The summed E-state index contributed by atoms with van der Waals surface area (Å²) in [5.41, 5.74) is 0.678. The molecule has 0 atom stereocenters. The van der Waals surface area contributed by atoms with Crippen LogP contribution in [0, 0.1) is 11.2 Å². The molecule has 150 valence electrons. The molecule has 29 heavy (non-hydrogen) atoms. The minimum Gasteiger partial charge on any atom is -0.348 e. The number of carbonyl (C=O) groups is 2. The number of nitrogens with zero attached hydrogens (tertiary/aromatic N) is 4. The van der Waals surface area contributed by atoms with Gasteiger partial charge in [-0.3, -0.25) is 9.59 Å². The van der Waals surface area contributed by atoms with Crippen LogP contribution in [0.3, 0.4) is 0 Å². The first-order valence-electron chi connectivity index (χ1n) is 9.33. The molecule has 0 radical (unpaired) electrons. The van der Waals surface area contributed by atoms with Crippen molar-refractivity contribution in [3.63, 3.8) is 0 Å². The zero-order valence-corrected chi connectivity index (χ0v) is 16.5. The number of nitrogens with one attached hydrogen (secondary N) is 1. The number of hydrogen-bond acceptors (Lipinski definition) is 5. The van der Waals surface area contributed by atoms with Gasteiger partial charge in [-0.2, -0.15) is 10.1 Å². The number of anilines is 1. The van der Waals surface area contributed by atoms with Gasteiger partial charge in [-0.25, -0.2) is 14.4 Å². The molecule has 7 nitrogen and oxygen atoms in total. The highest BCUT2D eigenvalue weighted by Crippen LogP contribution is 2.45. The van der Waals surface area contributed by atoms with Crippen LogP contribution in [0.25, 0.3) is 0 Å². The summed E-state index contributed by atoms with van der Waals surface area (Å²) in [4.78, 5) is 33.3. The van der Waals surface area contributed by atoms with Crippen LogP contribution in [0.5, 0.6) is 0 Å². The normalized spacial score (nSPS) is 24.0. The molecular weight excluding hydrogens is 397 g/mol. The van der Waals surface area contributed by atoms with Crippen LogP contribution in [-0.2, 0) is 4.79 Å². The van der Waals surface area contributed by atoms with Crippen LogP contribution < -0.4 is 10.3 Å². The maximum absolute atomic E-state index is 13.4. The number of aromatic nitrogens is 2. The summed E-state index contributed by atoms with van der Waals surface area (Å²) in [6, 6.07) is 5.39. The Balaban J connectivity index is 1.46. The molecule has 1 aliphatic carbocycles. The highest BCUT2D eigenvalue weighted by Gasteiger charge is 2.51. The van der Waals surface area contributed by atoms with Crippen molar-refractivity contribution < 1.29 is 14.0 Å². The van der Waals surface area contributed by atoms with E-state index in [9.17, 15) is 14.0 Å². The Kier molecular flexibility index (Phi) is 5.04. The second kappa shape index (κ2) is 7.51. The van der Waals surface area contributed by atoms with Gasteiger partial charge in [-0.15, -0.1) is 0 Å². The van der Waals surface area contributed by atoms with Gasteiger partial charge in [-0.1, -0.05) is 11.6 Å². The second-order valence-corrected chi connectivity index (χ2v) is 7.73. The molecule has 0 bridgehead atoms. The Morgan fingerprint density at radius 2 is 2.07 bits per heavy atom. The van der Waals surface area contributed by atoms with Gasteiger partial charge in [0.25, 0.3) is 11.8 Å². The lowest BCUT2D eigenvalue weighted by molar-refractivity contribution is -0.125. The second-order valence-electron chi connectivity index (χ2n) is 7.32. The zero-order valence-electron chi connectivity index (χ0n) is 15.7. The molecule has 1 aliphatic heterocycles. The van der Waals surface area contributed by atoms with E-state index in [1.807, 2.05) is 6.92 Å². The number of hydrazone groups is 1. The van der Waals surface area contributed by atoms with E-state index < -0.39 is 11.2 Å². The van der Waals surface area contributed by atoms with Crippen LogP contribution in [0.1, 0.15) is 43.1 Å². The molecule has 2 amide bonds. The van der Waals surface area contributed by atoms with E-state index in [4.69, 9.17) is 11.6 Å². The SMILES string of the molecule is CC1=NN(c2ccc(F)cc2Cl)C(=O)[C@]12CC[C@H](NC(=O)c1ccncn1)CC2. The first-order valence-corrected chi connectivity index (χ1v) is 9.71. The van der Waals surface area contributed by atoms with E-state index >= 15 is 0 Å². The Labute approximate surface area is 172 Å². The van der Waals surface area contributed by atoms with Crippen molar-refractivity contribution in [3.05, 3.63) is 53.3 Å². The first kappa shape index (κ1) is 19.4. The van der Waals surface area contributed by atoms with Crippen molar-refractivity contribution in [1.29, 1.82) is 0 Å². The Morgan fingerprint density at radius 3 is 2.72 bits per heavy atom. The van der Waals surface area contributed by atoms with E-state index in [1.54, 1.807) is 6.07 Å². The summed E-state index contributed by atoms with van der Waals surface area (Å²) in [5.74, 6) is -0.888. The van der Waals surface area contributed by atoms with Crippen LogP contribution in [0.2, 0.25) is 5.02 Å². The average molecular weight is 416 g/mol. The van der Waals surface area contributed by atoms with E-state index in [-0.39, 0.29) is 22.9 Å². The number of hydrogen-bond donors (Lipinski definition) is 1. The third-order valence-corrected chi connectivity index (χ3v) is 5.97. The summed E-state index contributed by atoms with van der Waals surface area (Å²) in [7, 11) is 0. The largest absolute Gasteiger partial charge is 0.348 e. The molecule has 1 aromatic carbocycles. The molecular formula is C20H19ClFN5O2. The fourth-order valence-corrected chi connectivity index (χ4v) is 4.23. The van der Waals surface area contributed by atoms with Gasteiger partial charge in [0.2, 0.25) is 0 Å². The first-order chi connectivity index (χ1) is 13.9. The van der Waals surface area contributed by atoms with Gasteiger partial charge >= 0.3 is 0 Å². The highest BCUT2D eigenvalue weighted by molar-refractivity contribution is 6.34. The summed E-state index contributed by atoms with van der Waals surface area (Å²) in [6.07, 6.45) is 5.25. The lowest BCUT2D eigenvalue weighted by atomic mass is 9.69. The lowest BCUT2D eigenvalue weighted by Crippen LogP contribution is -2.47. The van der Waals surface area contributed by atoms with Gasteiger partial charge in [-0.05, 0) is 56.9 Å². The minimum absolute atomic E-state index is 0.0489. The van der Waals surface area contributed by atoms with Crippen LogP contribution in [0.15, 0.2) is 41.9 Å². The zero-order chi connectivity index (χ0) is 20.6. The minimum atomic E-state index is -0.714. The lowest BCUT2D eigenvalue weighted by Gasteiger charge is -2.36. The predicted molar refractivity (Wildman–Crippen MR) is 106 cm³/mol. The fourth-order valence-electron chi connectivity index (χ4n) is 3.98. The number of halogens is 2. The number of rotatable bonds is 3. The average Bonchev–Trinajstić information content (AvgIpc) is 2.95. The molecule has 2 aromatic rings. The molecule has 0 saturated heterocycles. The maximum atomic E-state index is 13.4. The van der Waals surface area contributed by atoms with Gasteiger partial charge < -0.3 is 5.32 Å². The van der Waals surface area contributed by atoms with Crippen molar-refractivity contribution >= 4 is 34.8 Å². The molecule has 9 heteroatoms. The van der Waals surface area contributed by atoms with Crippen molar-refractivity contribution in [2.45, 2.75) is 38.6 Å². The predicted octanol–water partition coefficient (Wildman–Crippen LogP) is 3.35. The van der Waals surface area contributed by atoms with Crippen molar-refractivity contribution in [3.8, 4) is 0 Å². The molecule has 1 saturated carbocycles. The van der Waals surface area contributed by atoms with Crippen LogP contribution >= 0.6 is 11.6 Å². The summed E-state index contributed by atoms with van der Waals surface area (Å²) >= 11 is 6.13. The van der Waals surface area contributed by atoms with Crippen molar-refractivity contribution in [2.75, 3.05) is 5.01 Å². The van der Waals surface area contributed by atoms with Gasteiger partial charge in [0.1, 0.15) is 17.8 Å². The van der Waals surface area contributed by atoms with Crippen LogP contribution in [0.4, 0.5) is 10.1 Å². The van der Waals surface area contributed by atoms with E-state index in [0.717, 1.165) is 0 Å². The standard InChI is InChI=1S/C20H19ClFN5O2/c1-12-20(19(29)27(26-12)17-3-2-13(22)10-15(17)21)7-4-14(5-8-20)25-18(28)16-6-9-23-11-24-16/h2-3,6,9-11,14H,4-5,7-8H2,1H3,(H,25,28)/t14-,20-. The van der Waals surface area contributed by atoms with E-state index in [1.165, 1.54) is 35.7 Å². The number of benzene rings is 1. The molecule has 4 rings (SSSR count). The molecule has 1 spiro atoms. The van der Waals surface area contributed by atoms with E-state index in [2.05, 4.69) is 20.4 Å². The highest BCUT2D eigenvalue weighted by atomic mass is 35.5. The molecule has 0 unspecified atom stereocenters. The Morgan fingerprint density at radius 1 is 1.31 bits per heavy atom. The topological polar surface area (TPSA) is 87.5 Å². The smallest absolute Gasteiger partial charge is 0.270 e. The van der Waals surface area contributed by atoms with Gasteiger partial charge in [0, 0.05) is 12.2 Å². The molecule has 2 aliphatic rings. The quantitative estimate of drug-likeness (QED) is 0.832. The molecule has 2 heterocycles. The molecule has 1 N–H and O–H groups in total. The van der Waals surface area contributed by atoms with E-state index in [0.29, 0.717) is 42.8 Å². The summed E-state index contributed by atoms with van der Waals surface area (Å²) < 4.78 is 13.4. The number of carbonyl (C=O) groups excluding carboxylic acids is 2. The molecule has 1 aromatic heterocycles. The van der Waals surface area contributed by atoms with Gasteiger partial charge in [0.15, 0.2) is 0 Å². The third kappa shape index (κ3) is 3.48. The Bertz CT molecular complexity index is 990. The van der Waals surface area contributed by atoms with Crippen molar-refractivity contribution in [1.82, 2.24) is 15.3 Å². The molecule has 1 fully saturated rings. The number of amides is 2. The fraction of sp³-hybridized carbons (Fsp3) is 0.350. The summed E-state index contributed by atoms with van der Waals surface area (Å²) in [6.45, 7) is 1.83. The third-order valence-electron chi connectivity index (χ3n) is 5.67. The summed E-state index contributed by atoms with van der Waals surface area (Å²) in [5, 5.41) is 8.81.